The highest BCUT2D eigenvalue weighted by Gasteiger charge is 2.21. The first-order valence-electron chi connectivity index (χ1n) is 7.04. The maximum atomic E-state index is 11.5. The molecule has 2 rings (SSSR count). The predicted molar refractivity (Wildman–Crippen MR) is 85.2 cm³/mol. The molecular formula is C17H20O3S. The molecule has 2 aromatic rings. The number of carbonyl (C=O) groups is 1. The van der Waals surface area contributed by atoms with E-state index < -0.39 is 11.9 Å². The van der Waals surface area contributed by atoms with Gasteiger partial charge in [0.25, 0.3) is 0 Å². The topological polar surface area (TPSA) is 46.5 Å². The van der Waals surface area contributed by atoms with E-state index in [0.29, 0.717) is 18.9 Å². The van der Waals surface area contributed by atoms with Gasteiger partial charge in [0.15, 0.2) is 0 Å². The summed E-state index contributed by atoms with van der Waals surface area (Å²) >= 11 is 1.48. The molecule has 0 amide bonds. The van der Waals surface area contributed by atoms with E-state index in [9.17, 15) is 9.90 Å². The number of benzene rings is 1. The Bertz CT molecular complexity index is 575. The molecule has 0 radical (unpaired) electrons. The minimum absolute atomic E-state index is 0.464. The molecule has 1 atom stereocenters. The van der Waals surface area contributed by atoms with Crippen molar-refractivity contribution in [2.24, 2.45) is 5.92 Å². The Labute approximate surface area is 129 Å². The van der Waals surface area contributed by atoms with E-state index >= 15 is 0 Å². The molecule has 0 aliphatic carbocycles. The second kappa shape index (κ2) is 7.27. The van der Waals surface area contributed by atoms with Gasteiger partial charge in [0.2, 0.25) is 0 Å². The summed E-state index contributed by atoms with van der Waals surface area (Å²) in [6.45, 7) is 4.86. The summed E-state index contributed by atoms with van der Waals surface area (Å²) in [5.74, 6) is -0.0145. The fourth-order valence-electron chi connectivity index (χ4n) is 2.06. The molecule has 1 aromatic carbocycles. The van der Waals surface area contributed by atoms with E-state index in [1.54, 1.807) is 0 Å². The van der Waals surface area contributed by atoms with Gasteiger partial charge in [-0.1, -0.05) is 32.0 Å². The van der Waals surface area contributed by atoms with Crippen LogP contribution in [-0.4, -0.2) is 17.7 Å². The Kier molecular flexibility index (Phi) is 5.39. The molecule has 3 nitrogen and oxygen atoms in total. The number of ether oxygens (including phenoxy) is 1. The van der Waals surface area contributed by atoms with Gasteiger partial charge >= 0.3 is 5.97 Å². The molecule has 0 saturated carbocycles. The van der Waals surface area contributed by atoms with Crippen molar-refractivity contribution >= 4 is 17.3 Å². The lowest BCUT2D eigenvalue weighted by molar-refractivity contribution is -0.138. The molecule has 0 bridgehead atoms. The average Bonchev–Trinajstić information content (AvgIpc) is 2.96. The molecule has 1 aromatic heterocycles. The maximum absolute atomic E-state index is 11.5. The quantitative estimate of drug-likeness (QED) is 0.834. The molecule has 0 saturated heterocycles. The monoisotopic (exact) mass is 304 g/mol. The number of rotatable bonds is 7. The summed E-state index contributed by atoms with van der Waals surface area (Å²) in [6.07, 6.45) is 0.481. The maximum Gasteiger partial charge on any atom is 0.312 e. The van der Waals surface area contributed by atoms with E-state index in [2.05, 4.69) is 13.8 Å². The zero-order valence-electron chi connectivity index (χ0n) is 12.3. The van der Waals surface area contributed by atoms with Crippen LogP contribution in [0.2, 0.25) is 0 Å². The van der Waals surface area contributed by atoms with Gasteiger partial charge in [0.05, 0.1) is 12.5 Å². The van der Waals surface area contributed by atoms with Crippen LogP contribution in [0.25, 0.3) is 0 Å². The normalized spacial score (nSPS) is 12.3. The van der Waals surface area contributed by atoms with Crippen molar-refractivity contribution in [1.29, 1.82) is 0 Å². The second-order valence-electron chi connectivity index (χ2n) is 5.46. The lowest BCUT2D eigenvalue weighted by atomic mass is 9.98. The molecule has 112 valence electrons. The lowest BCUT2D eigenvalue weighted by Crippen LogP contribution is -2.13. The molecule has 21 heavy (non-hydrogen) atoms. The summed E-state index contributed by atoms with van der Waals surface area (Å²) in [4.78, 5) is 12.4. The molecule has 0 aliphatic rings. The van der Waals surface area contributed by atoms with Crippen LogP contribution in [0.5, 0.6) is 5.75 Å². The Morgan fingerprint density at radius 3 is 2.71 bits per heavy atom. The van der Waals surface area contributed by atoms with Crippen LogP contribution < -0.4 is 4.74 Å². The Balaban J connectivity index is 2.10. The van der Waals surface area contributed by atoms with E-state index in [1.807, 2.05) is 41.8 Å². The van der Waals surface area contributed by atoms with Crippen molar-refractivity contribution < 1.29 is 14.6 Å². The number of aliphatic carboxylic acids is 1. The summed E-state index contributed by atoms with van der Waals surface area (Å²) in [6, 6.07) is 11.5. The first-order valence-corrected chi connectivity index (χ1v) is 7.92. The molecular weight excluding hydrogens is 284 g/mol. The van der Waals surface area contributed by atoms with E-state index in [-0.39, 0.29) is 0 Å². The summed E-state index contributed by atoms with van der Waals surface area (Å²) in [5.41, 5.74) is 0.983. The average molecular weight is 304 g/mol. The number of thiophene rings is 1. The second-order valence-corrected chi connectivity index (χ2v) is 6.44. The van der Waals surface area contributed by atoms with Gasteiger partial charge < -0.3 is 9.84 Å². The van der Waals surface area contributed by atoms with Crippen LogP contribution in [0.15, 0.2) is 41.8 Å². The first-order chi connectivity index (χ1) is 10.1. The fraction of sp³-hybridized carbons (Fsp3) is 0.353. The Morgan fingerprint density at radius 2 is 2.10 bits per heavy atom. The third-order valence-corrected chi connectivity index (χ3v) is 4.09. The minimum Gasteiger partial charge on any atom is -0.493 e. The first kappa shape index (κ1) is 15.6. The minimum atomic E-state index is -0.786. The SMILES string of the molecule is CC(C)COc1cccc(CC(C(=O)O)c2cccs2)c1. The zero-order chi connectivity index (χ0) is 15.2. The molecule has 0 aliphatic heterocycles. The lowest BCUT2D eigenvalue weighted by Gasteiger charge is -2.13. The Hall–Kier alpha value is -1.81. The molecule has 1 heterocycles. The molecule has 0 fully saturated rings. The van der Waals surface area contributed by atoms with Gasteiger partial charge in [-0.2, -0.15) is 0 Å². The highest BCUT2D eigenvalue weighted by Crippen LogP contribution is 2.27. The molecule has 4 heteroatoms. The van der Waals surface area contributed by atoms with Crippen molar-refractivity contribution in [2.75, 3.05) is 6.61 Å². The van der Waals surface area contributed by atoms with E-state index in [4.69, 9.17) is 4.74 Å². The van der Waals surface area contributed by atoms with Gasteiger partial charge in [-0.15, -0.1) is 11.3 Å². The standard InChI is InChI=1S/C17H20O3S/c1-12(2)11-20-14-6-3-5-13(9-14)10-15(17(18)19)16-7-4-8-21-16/h3-9,12,15H,10-11H2,1-2H3,(H,18,19). The van der Waals surface area contributed by atoms with Gasteiger partial charge in [0, 0.05) is 4.88 Å². The van der Waals surface area contributed by atoms with Crippen molar-refractivity contribution in [3.8, 4) is 5.75 Å². The largest absolute Gasteiger partial charge is 0.493 e. The summed E-state index contributed by atoms with van der Waals surface area (Å²) in [7, 11) is 0. The van der Waals surface area contributed by atoms with Crippen LogP contribution >= 0.6 is 11.3 Å². The van der Waals surface area contributed by atoms with Crippen LogP contribution in [0, 0.1) is 5.92 Å². The third-order valence-electron chi connectivity index (χ3n) is 3.11. The number of hydrogen-bond acceptors (Lipinski definition) is 3. The fourth-order valence-corrected chi connectivity index (χ4v) is 2.88. The van der Waals surface area contributed by atoms with Crippen molar-refractivity contribution in [3.63, 3.8) is 0 Å². The van der Waals surface area contributed by atoms with Crippen LogP contribution in [0.4, 0.5) is 0 Å². The van der Waals surface area contributed by atoms with Gasteiger partial charge in [-0.05, 0) is 41.5 Å². The van der Waals surface area contributed by atoms with Gasteiger partial charge in [-0.25, -0.2) is 0 Å². The molecule has 1 unspecified atom stereocenters. The summed E-state index contributed by atoms with van der Waals surface area (Å²) < 4.78 is 5.70. The Morgan fingerprint density at radius 1 is 1.29 bits per heavy atom. The zero-order valence-corrected chi connectivity index (χ0v) is 13.1. The van der Waals surface area contributed by atoms with Crippen molar-refractivity contribution in [2.45, 2.75) is 26.2 Å². The van der Waals surface area contributed by atoms with E-state index in [0.717, 1.165) is 16.2 Å². The number of carboxylic acid groups (broad SMARTS) is 1. The van der Waals surface area contributed by atoms with Gasteiger partial charge in [-0.3, -0.25) is 4.79 Å². The van der Waals surface area contributed by atoms with Crippen molar-refractivity contribution in [1.82, 2.24) is 0 Å². The highest BCUT2D eigenvalue weighted by atomic mass is 32.1. The van der Waals surface area contributed by atoms with Crippen molar-refractivity contribution in [3.05, 3.63) is 52.2 Å². The number of hydrogen-bond donors (Lipinski definition) is 1. The van der Waals surface area contributed by atoms with Gasteiger partial charge in [0.1, 0.15) is 5.75 Å². The summed E-state index contributed by atoms with van der Waals surface area (Å²) in [5, 5.41) is 11.3. The highest BCUT2D eigenvalue weighted by molar-refractivity contribution is 7.10. The number of carboxylic acids is 1. The smallest absolute Gasteiger partial charge is 0.312 e. The molecule has 0 spiro atoms. The predicted octanol–water partition coefficient (Wildman–Crippen LogP) is 4.19. The van der Waals surface area contributed by atoms with Crippen LogP contribution in [0.3, 0.4) is 0 Å². The van der Waals surface area contributed by atoms with Crippen LogP contribution in [-0.2, 0) is 11.2 Å². The third kappa shape index (κ3) is 4.60. The van der Waals surface area contributed by atoms with E-state index in [1.165, 1.54) is 11.3 Å². The van der Waals surface area contributed by atoms with Crippen LogP contribution in [0.1, 0.15) is 30.2 Å². The molecule has 1 N–H and O–H groups in total.